The van der Waals surface area contributed by atoms with Crippen LogP contribution in [0, 0.1) is 5.41 Å². The summed E-state index contributed by atoms with van der Waals surface area (Å²) < 4.78 is 10.5. The van der Waals surface area contributed by atoms with Crippen molar-refractivity contribution in [3.8, 4) is 11.5 Å². The molecule has 1 unspecified atom stereocenters. The molecular formula is C17H26N2O3. The van der Waals surface area contributed by atoms with Gasteiger partial charge in [-0.15, -0.1) is 0 Å². The number of carbonyl (C=O) groups is 1. The number of nitrogens with one attached hydrogen (secondary N) is 2. The molecule has 1 aromatic rings. The lowest BCUT2D eigenvalue weighted by atomic mass is 9.77. The maximum Gasteiger partial charge on any atom is 0.255 e. The van der Waals surface area contributed by atoms with Crippen LogP contribution in [-0.2, 0) is 0 Å². The maximum absolute atomic E-state index is 12.5. The highest BCUT2D eigenvalue weighted by atomic mass is 16.5. The SMILES string of the molecule is COc1ccc(OC)c(C(=O)NCC2NCCCC2(C)C)c1. The van der Waals surface area contributed by atoms with Gasteiger partial charge < -0.3 is 20.1 Å². The number of piperidine rings is 1. The van der Waals surface area contributed by atoms with E-state index in [4.69, 9.17) is 9.47 Å². The number of methoxy groups -OCH3 is 2. The Hall–Kier alpha value is -1.75. The number of hydrogen-bond donors (Lipinski definition) is 2. The van der Waals surface area contributed by atoms with Crippen LogP contribution in [0.5, 0.6) is 11.5 Å². The molecule has 1 heterocycles. The Balaban J connectivity index is 2.06. The second-order valence-electron chi connectivity index (χ2n) is 6.38. The highest BCUT2D eigenvalue weighted by molar-refractivity contribution is 5.97. The van der Waals surface area contributed by atoms with Gasteiger partial charge in [0.2, 0.25) is 0 Å². The molecule has 1 amide bonds. The largest absolute Gasteiger partial charge is 0.497 e. The Morgan fingerprint density at radius 2 is 2.14 bits per heavy atom. The summed E-state index contributed by atoms with van der Waals surface area (Å²) in [6, 6.07) is 5.51. The van der Waals surface area contributed by atoms with Crippen molar-refractivity contribution < 1.29 is 14.3 Å². The van der Waals surface area contributed by atoms with Crippen LogP contribution < -0.4 is 20.1 Å². The van der Waals surface area contributed by atoms with Crippen LogP contribution in [0.3, 0.4) is 0 Å². The van der Waals surface area contributed by atoms with Crippen molar-refractivity contribution in [3.63, 3.8) is 0 Å². The standard InChI is InChI=1S/C17H26N2O3/c1-17(2)8-5-9-18-15(17)11-19-16(20)13-10-12(21-3)6-7-14(13)22-4/h6-7,10,15,18H,5,8-9,11H2,1-4H3,(H,19,20). The summed E-state index contributed by atoms with van der Waals surface area (Å²) in [5, 5.41) is 6.51. The van der Waals surface area contributed by atoms with Gasteiger partial charge in [0.1, 0.15) is 11.5 Å². The third-order valence-electron chi connectivity index (χ3n) is 4.45. The zero-order valence-electron chi connectivity index (χ0n) is 13.9. The highest BCUT2D eigenvalue weighted by Gasteiger charge is 2.32. The minimum absolute atomic E-state index is 0.140. The van der Waals surface area contributed by atoms with Gasteiger partial charge in [-0.25, -0.2) is 0 Å². The molecule has 0 bridgehead atoms. The number of hydrogen-bond acceptors (Lipinski definition) is 4. The van der Waals surface area contributed by atoms with Gasteiger partial charge in [0.15, 0.2) is 0 Å². The van der Waals surface area contributed by atoms with E-state index in [0.717, 1.165) is 6.54 Å². The molecule has 0 saturated carbocycles. The molecule has 0 aliphatic carbocycles. The van der Waals surface area contributed by atoms with E-state index < -0.39 is 0 Å². The number of ether oxygens (including phenoxy) is 2. The third kappa shape index (κ3) is 3.71. The Morgan fingerprint density at radius 3 is 2.77 bits per heavy atom. The van der Waals surface area contributed by atoms with Gasteiger partial charge in [-0.2, -0.15) is 0 Å². The van der Waals surface area contributed by atoms with Crippen LogP contribution in [-0.4, -0.2) is 39.3 Å². The molecule has 1 atom stereocenters. The molecule has 2 N–H and O–H groups in total. The fourth-order valence-corrected chi connectivity index (χ4v) is 2.90. The summed E-state index contributed by atoms with van der Waals surface area (Å²) >= 11 is 0. The molecule has 5 heteroatoms. The predicted molar refractivity (Wildman–Crippen MR) is 86.7 cm³/mol. The Kier molecular flexibility index (Phi) is 5.29. The van der Waals surface area contributed by atoms with Gasteiger partial charge in [0, 0.05) is 12.6 Å². The van der Waals surface area contributed by atoms with E-state index in [1.807, 2.05) is 0 Å². The zero-order valence-corrected chi connectivity index (χ0v) is 13.9. The van der Waals surface area contributed by atoms with Crippen molar-refractivity contribution in [1.82, 2.24) is 10.6 Å². The molecule has 1 aliphatic heterocycles. The lowest BCUT2D eigenvalue weighted by Crippen LogP contribution is -2.52. The van der Waals surface area contributed by atoms with E-state index in [9.17, 15) is 4.79 Å². The number of carbonyl (C=O) groups excluding carboxylic acids is 1. The van der Waals surface area contributed by atoms with E-state index in [2.05, 4.69) is 24.5 Å². The summed E-state index contributed by atoms with van der Waals surface area (Å²) in [5.41, 5.74) is 0.680. The summed E-state index contributed by atoms with van der Waals surface area (Å²) in [6.07, 6.45) is 2.35. The van der Waals surface area contributed by atoms with Gasteiger partial charge in [-0.1, -0.05) is 13.8 Å². The van der Waals surface area contributed by atoms with Gasteiger partial charge in [-0.3, -0.25) is 4.79 Å². The molecule has 0 radical (unpaired) electrons. The molecule has 22 heavy (non-hydrogen) atoms. The van der Waals surface area contributed by atoms with E-state index >= 15 is 0 Å². The average molecular weight is 306 g/mol. The average Bonchev–Trinajstić information content (AvgIpc) is 2.52. The first-order chi connectivity index (χ1) is 10.5. The van der Waals surface area contributed by atoms with Crippen molar-refractivity contribution in [2.75, 3.05) is 27.3 Å². The van der Waals surface area contributed by atoms with Crippen LogP contribution in [0.1, 0.15) is 37.0 Å². The van der Waals surface area contributed by atoms with Crippen molar-refractivity contribution in [2.45, 2.75) is 32.7 Å². The number of rotatable bonds is 5. The first-order valence-electron chi connectivity index (χ1n) is 7.71. The van der Waals surface area contributed by atoms with Crippen LogP contribution in [0.4, 0.5) is 0 Å². The lowest BCUT2D eigenvalue weighted by molar-refractivity contribution is 0.0925. The maximum atomic E-state index is 12.5. The fraction of sp³-hybridized carbons (Fsp3) is 0.588. The Labute approximate surface area is 132 Å². The fourth-order valence-electron chi connectivity index (χ4n) is 2.90. The smallest absolute Gasteiger partial charge is 0.255 e. The zero-order chi connectivity index (χ0) is 16.2. The molecule has 1 fully saturated rings. The normalized spacial score (nSPS) is 20.3. The molecule has 0 aromatic heterocycles. The first-order valence-corrected chi connectivity index (χ1v) is 7.71. The van der Waals surface area contributed by atoms with Gasteiger partial charge in [-0.05, 0) is 43.0 Å². The third-order valence-corrected chi connectivity index (χ3v) is 4.45. The van der Waals surface area contributed by atoms with Crippen molar-refractivity contribution in [3.05, 3.63) is 23.8 Å². The predicted octanol–water partition coefficient (Wildman–Crippen LogP) is 2.21. The van der Waals surface area contributed by atoms with Crippen molar-refractivity contribution in [1.29, 1.82) is 0 Å². The van der Waals surface area contributed by atoms with Crippen LogP contribution in [0.15, 0.2) is 18.2 Å². The van der Waals surface area contributed by atoms with Crippen LogP contribution >= 0.6 is 0 Å². The lowest BCUT2D eigenvalue weighted by Gasteiger charge is -2.39. The summed E-state index contributed by atoms with van der Waals surface area (Å²) in [6.45, 7) is 6.09. The molecule has 1 saturated heterocycles. The summed E-state index contributed by atoms with van der Waals surface area (Å²) in [4.78, 5) is 12.5. The molecule has 2 rings (SSSR count). The number of amides is 1. The highest BCUT2D eigenvalue weighted by Crippen LogP contribution is 2.30. The first kappa shape index (κ1) is 16.6. The van der Waals surface area contributed by atoms with E-state index in [0.29, 0.717) is 23.6 Å². The molecule has 122 valence electrons. The molecule has 1 aromatic carbocycles. The van der Waals surface area contributed by atoms with Gasteiger partial charge >= 0.3 is 0 Å². The van der Waals surface area contributed by atoms with Gasteiger partial charge in [0.05, 0.1) is 19.8 Å². The molecule has 1 aliphatic rings. The van der Waals surface area contributed by atoms with Crippen LogP contribution in [0.2, 0.25) is 0 Å². The summed E-state index contributed by atoms with van der Waals surface area (Å²) in [7, 11) is 3.14. The Morgan fingerprint density at radius 1 is 1.36 bits per heavy atom. The quantitative estimate of drug-likeness (QED) is 0.875. The molecule has 0 spiro atoms. The number of benzene rings is 1. The van der Waals surface area contributed by atoms with E-state index in [1.54, 1.807) is 32.4 Å². The molecule has 5 nitrogen and oxygen atoms in total. The van der Waals surface area contributed by atoms with Crippen molar-refractivity contribution >= 4 is 5.91 Å². The summed E-state index contributed by atoms with van der Waals surface area (Å²) in [5.74, 6) is 1.05. The van der Waals surface area contributed by atoms with Crippen molar-refractivity contribution in [2.24, 2.45) is 5.41 Å². The monoisotopic (exact) mass is 306 g/mol. The Bertz CT molecular complexity index is 529. The van der Waals surface area contributed by atoms with E-state index in [-0.39, 0.29) is 17.4 Å². The minimum atomic E-state index is -0.140. The van der Waals surface area contributed by atoms with Crippen LogP contribution in [0.25, 0.3) is 0 Å². The second kappa shape index (κ2) is 7.01. The topological polar surface area (TPSA) is 59.6 Å². The minimum Gasteiger partial charge on any atom is -0.497 e. The van der Waals surface area contributed by atoms with E-state index in [1.165, 1.54) is 12.8 Å². The van der Waals surface area contributed by atoms with Gasteiger partial charge in [0.25, 0.3) is 5.91 Å². The molecular weight excluding hydrogens is 280 g/mol. The second-order valence-corrected chi connectivity index (χ2v) is 6.38.